The molecule has 0 saturated carbocycles. The van der Waals surface area contributed by atoms with Gasteiger partial charge in [-0.15, -0.1) is 0 Å². The summed E-state index contributed by atoms with van der Waals surface area (Å²) in [6.07, 6.45) is 1.17. The SMILES string of the molecule is Cc1ccc(NCCC(C)(C)C)c(Br)c1. The van der Waals surface area contributed by atoms with Crippen LogP contribution >= 0.6 is 15.9 Å². The van der Waals surface area contributed by atoms with Crippen LogP contribution < -0.4 is 5.32 Å². The second kappa shape index (κ2) is 5.02. The molecule has 0 atom stereocenters. The van der Waals surface area contributed by atoms with E-state index in [1.54, 1.807) is 0 Å². The normalized spacial score (nSPS) is 11.5. The highest BCUT2D eigenvalue weighted by atomic mass is 79.9. The van der Waals surface area contributed by atoms with Gasteiger partial charge in [0.25, 0.3) is 0 Å². The number of hydrogen-bond acceptors (Lipinski definition) is 1. The van der Waals surface area contributed by atoms with E-state index in [1.165, 1.54) is 17.7 Å². The molecule has 1 N–H and O–H groups in total. The molecule has 1 nitrogen and oxygen atoms in total. The first-order chi connectivity index (χ1) is 6.88. The molecule has 0 saturated heterocycles. The zero-order chi connectivity index (χ0) is 11.5. The highest BCUT2D eigenvalue weighted by Crippen LogP contribution is 2.24. The van der Waals surface area contributed by atoms with Gasteiger partial charge in [-0.05, 0) is 52.4 Å². The average Bonchev–Trinajstić information content (AvgIpc) is 2.07. The minimum atomic E-state index is 0.393. The molecular formula is C13H20BrN. The molecule has 0 fully saturated rings. The van der Waals surface area contributed by atoms with Crippen molar-refractivity contribution in [1.82, 2.24) is 0 Å². The lowest BCUT2D eigenvalue weighted by molar-refractivity contribution is 0.390. The lowest BCUT2D eigenvalue weighted by Crippen LogP contribution is -2.13. The minimum absolute atomic E-state index is 0.393. The molecule has 0 spiro atoms. The van der Waals surface area contributed by atoms with Crippen LogP contribution in [0, 0.1) is 12.3 Å². The van der Waals surface area contributed by atoms with Crippen molar-refractivity contribution in [2.24, 2.45) is 5.41 Å². The van der Waals surface area contributed by atoms with Gasteiger partial charge >= 0.3 is 0 Å². The van der Waals surface area contributed by atoms with Crippen LogP contribution in [0.5, 0.6) is 0 Å². The summed E-state index contributed by atoms with van der Waals surface area (Å²) in [5.41, 5.74) is 2.86. The van der Waals surface area contributed by atoms with Crippen molar-refractivity contribution in [3.63, 3.8) is 0 Å². The molecule has 1 aromatic rings. The van der Waals surface area contributed by atoms with Crippen LogP contribution in [-0.2, 0) is 0 Å². The molecule has 84 valence electrons. The molecule has 0 amide bonds. The smallest absolute Gasteiger partial charge is 0.0484 e. The van der Waals surface area contributed by atoms with Crippen LogP contribution in [0.2, 0.25) is 0 Å². The topological polar surface area (TPSA) is 12.0 Å². The highest BCUT2D eigenvalue weighted by molar-refractivity contribution is 9.10. The Kier molecular flexibility index (Phi) is 4.21. The van der Waals surface area contributed by atoms with Gasteiger partial charge in [0, 0.05) is 16.7 Å². The van der Waals surface area contributed by atoms with Crippen molar-refractivity contribution in [3.05, 3.63) is 28.2 Å². The summed E-state index contributed by atoms with van der Waals surface area (Å²) in [6, 6.07) is 6.39. The lowest BCUT2D eigenvalue weighted by Gasteiger charge is -2.19. The van der Waals surface area contributed by atoms with Crippen LogP contribution in [0.4, 0.5) is 5.69 Å². The molecule has 0 aliphatic carbocycles. The summed E-state index contributed by atoms with van der Waals surface area (Å²) in [4.78, 5) is 0. The Morgan fingerprint density at radius 1 is 1.27 bits per heavy atom. The zero-order valence-corrected chi connectivity index (χ0v) is 11.6. The quantitative estimate of drug-likeness (QED) is 0.846. The van der Waals surface area contributed by atoms with Crippen molar-refractivity contribution in [3.8, 4) is 0 Å². The van der Waals surface area contributed by atoms with E-state index < -0.39 is 0 Å². The van der Waals surface area contributed by atoms with E-state index >= 15 is 0 Å². The number of benzene rings is 1. The Bertz CT molecular complexity index is 326. The van der Waals surface area contributed by atoms with Gasteiger partial charge in [0.2, 0.25) is 0 Å². The van der Waals surface area contributed by atoms with Crippen molar-refractivity contribution >= 4 is 21.6 Å². The highest BCUT2D eigenvalue weighted by Gasteiger charge is 2.09. The standard InChI is InChI=1S/C13H20BrN/c1-10-5-6-12(11(14)9-10)15-8-7-13(2,3)4/h5-6,9,15H,7-8H2,1-4H3. The molecule has 2 heteroatoms. The molecule has 0 aliphatic heterocycles. The summed E-state index contributed by atoms with van der Waals surface area (Å²) in [6.45, 7) is 9.91. The van der Waals surface area contributed by atoms with Gasteiger partial charge in [0.05, 0.1) is 0 Å². The largest absolute Gasteiger partial charge is 0.384 e. The molecule has 0 bridgehead atoms. The fourth-order valence-electron chi connectivity index (χ4n) is 1.34. The molecule has 0 radical (unpaired) electrons. The molecule has 15 heavy (non-hydrogen) atoms. The van der Waals surface area contributed by atoms with Gasteiger partial charge in [-0.1, -0.05) is 26.8 Å². The first-order valence-electron chi connectivity index (χ1n) is 5.38. The average molecular weight is 270 g/mol. The molecular weight excluding hydrogens is 250 g/mol. The van der Waals surface area contributed by atoms with Crippen LogP contribution in [0.3, 0.4) is 0 Å². The molecule has 0 heterocycles. The second-order valence-corrected chi connectivity index (χ2v) is 6.08. The molecule has 1 aromatic carbocycles. The molecule has 0 unspecified atom stereocenters. The zero-order valence-electron chi connectivity index (χ0n) is 10.0. The first-order valence-corrected chi connectivity index (χ1v) is 6.18. The maximum absolute atomic E-state index is 3.57. The van der Waals surface area contributed by atoms with E-state index in [-0.39, 0.29) is 0 Å². The fraction of sp³-hybridized carbons (Fsp3) is 0.538. The fourth-order valence-corrected chi connectivity index (χ4v) is 1.97. The minimum Gasteiger partial charge on any atom is -0.384 e. The molecule has 0 aliphatic rings. The second-order valence-electron chi connectivity index (χ2n) is 5.22. The third-order valence-electron chi connectivity index (χ3n) is 2.32. The maximum atomic E-state index is 3.57. The van der Waals surface area contributed by atoms with Crippen molar-refractivity contribution in [1.29, 1.82) is 0 Å². The summed E-state index contributed by atoms with van der Waals surface area (Å²) in [5, 5.41) is 3.45. The van der Waals surface area contributed by atoms with Gasteiger partial charge in [-0.25, -0.2) is 0 Å². The Hall–Kier alpha value is -0.500. The van der Waals surface area contributed by atoms with Crippen LogP contribution in [-0.4, -0.2) is 6.54 Å². The van der Waals surface area contributed by atoms with Crippen molar-refractivity contribution < 1.29 is 0 Å². The number of aryl methyl sites for hydroxylation is 1. The predicted octanol–water partition coefficient (Wildman–Crippen LogP) is 4.61. The van der Waals surface area contributed by atoms with E-state index in [2.05, 4.69) is 67.1 Å². The van der Waals surface area contributed by atoms with Crippen LogP contribution in [0.25, 0.3) is 0 Å². The monoisotopic (exact) mass is 269 g/mol. The van der Waals surface area contributed by atoms with Crippen molar-refractivity contribution in [2.45, 2.75) is 34.1 Å². The van der Waals surface area contributed by atoms with Gasteiger partial charge in [0.15, 0.2) is 0 Å². The van der Waals surface area contributed by atoms with Crippen LogP contribution in [0.1, 0.15) is 32.8 Å². The number of hydrogen-bond donors (Lipinski definition) is 1. The van der Waals surface area contributed by atoms with E-state index in [1.807, 2.05) is 0 Å². The predicted molar refractivity (Wildman–Crippen MR) is 71.4 cm³/mol. The first kappa shape index (κ1) is 12.6. The summed E-state index contributed by atoms with van der Waals surface area (Å²) in [7, 11) is 0. The number of rotatable bonds is 3. The maximum Gasteiger partial charge on any atom is 0.0484 e. The third-order valence-corrected chi connectivity index (χ3v) is 2.97. The third kappa shape index (κ3) is 4.70. The van der Waals surface area contributed by atoms with E-state index in [9.17, 15) is 0 Å². The summed E-state index contributed by atoms with van der Waals surface area (Å²) < 4.78 is 1.15. The van der Waals surface area contributed by atoms with E-state index in [0.717, 1.165) is 11.0 Å². The molecule has 1 rings (SSSR count). The van der Waals surface area contributed by atoms with Gasteiger partial charge in [-0.3, -0.25) is 0 Å². The number of anilines is 1. The number of halogens is 1. The Labute approximate surface area is 101 Å². The summed E-state index contributed by atoms with van der Waals surface area (Å²) >= 11 is 3.57. The van der Waals surface area contributed by atoms with Crippen LogP contribution in [0.15, 0.2) is 22.7 Å². The van der Waals surface area contributed by atoms with Gasteiger partial charge < -0.3 is 5.32 Å². The Morgan fingerprint density at radius 2 is 1.93 bits per heavy atom. The Balaban J connectivity index is 2.51. The van der Waals surface area contributed by atoms with E-state index in [4.69, 9.17) is 0 Å². The van der Waals surface area contributed by atoms with Gasteiger partial charge in [0.1, 0.15) is 0 Å². The Morgan fingerprint density at radius 3 is 2.47 bits per heavy atom. The molecule has 0 aromatic heterocycles. The van der Waals surface area contributed by atoms with Crippen molar-refractivity contribution in [2.75, 3.05) is 11.9 Å². The van der Waals surface area contributed by atoms with Gasteiger partial charge in [-0.2, -0.15) is 0 Å². The number of nitrogens with one attached hydrogen (secondary N) is 1. The summed E-state index contributed by atoms with van der Waals surface area (Å²) in [5.74, 6) is 0. The van der Waals surface area contributed by atoms with E-state index in [0.29, 0.717) is 5.41 Å². The lowest BCUT2D eigenvalue weighted by atomic mass is 9.92.